The number of para-hydroxylation sites is 1. The zero-order valence-corrected chi connectivity index (χ0v) is 16.7. The van der Waals surface area contributed by atoms with E-state index in [2.05, 4.69) is 20.6 Å². The molecule has 6 nitrogen and oxygen atoms in total. The number of aromatic nitrogens is 2. The Morgan fingerprint density at radius 3 is 2.97 bits per heavy atom. The fraction of sp³-hybridized carbons (Fsp3) is 0.286. The van der Waals surface area contributed by atoms with Gasteiger partial charge < -0.3 is 15.5 Å². The maximum absolute atomic E-state index is 13.9. The van der Waals surface area contributed by atoms with Crippen LogP contribution >= 0.6 is 11.3 Å². The molecule has 2 aromatic heterocycles. The second kappa shape index (κ2) is 9.00. The molecule has 1 saturated heterocycles. The molecule has 8 heteroatoms. The number of nitrogens with one attached hydrogen (secondary N) is 2. The van der Waals surface area contributed by atoms with Gasteiger partial charge in [-0.25, -0.2) is 9.37 Å². The van der Waals surface area contributed by atoms with Crippen molar-refractivity contribution < 1.29 is 9.18 Å². The number of rotatable bonds is 6. The number of halogens is 1. The third-order valence-electron chi connectivity index (χ3n) is 4.87. The second-order valence-electron chi connectivity index (χ2n) is 6.93. The number of nitrogens with zero attached hydrogens (tertiary/aromatic N) is 3. The number of hydrogen-bond donors (Lipinski definition) is 2. The molecule has 0 radical (unpaired) electrons. The average molecular weight is 412 g/mol. The highest BCUT2D eigenvalue weighted by Gasteiger charge is 2.27. The molecule has 1 amide bonds. The average Bonchev–Trinajstić information content (AvgIpc) is 3.28. The van der Waals surface area contributed by atoms with Crippen molar-refractivity contribution in [3.05, 3.63) is 64.7 Å². The molecule has 0 spiro atoms. The van der Waals surface area contributed by atoms with Gasteiger partial charge in [0.1, 0.15) is 11.6 Å². The summed E-state index contributed by atoms with van der Waals surface area (Å²) in [5.74, 6) is 0.679. The Morgan fingerprint density at radius 2 is 2.14 bits per heavy atom. The summed E-state index contributed by atoms with van der Waals surface area (Å²) >= 11 is 1.63. The van der Waals surface area contributed by atoms with Gasteiger partial charge in [0, 0.05) is 24.2 Å². The van der Waals surface area contributed by atoms with Crippen LogP contribution in [0.1, 0.15) is 17.7 Å². The first-order valence-electron chi connectivity index (χ1n) is 9.58. The SMILES string of the molecule is O=C(NCc1cccs1)C1CCCN(c2nccc(Nc3ccccc3F)n2)C1. The molecule has 1 atom stereocenters. The maximum Gasteiger partial charge on any atom is 0.227 e. The van der Waals surface area contributed by atoms with Crippen LogP contribution in [0.5, 0.6) is 0 Å². The number of benzene rings is 1. The topological polar surface area (TPSA) is 70.2 Å². The van der Waals surface area contributed by atoms with E-state index in [1.807, 2.05) is 22.4 Å². The molecule has 3 heterocycles. The number of amides is 1. The molecule has 1 fully saturated rings. The zero-order valence-electron chi connectivity index (χ0n) is 15.8. The molecule has 1 unspecified atom stereocenters. The van der Waals surface area contributed by atoms with Gasteiger partial charge >= 0.3 is 0 Å². The third-order valence-corrected chi connectivity index (χ3v) is 5.75. The molecule has 0 bridgehead atoms. The van der Waals surface area contributed by atoms with E-state index in [-0.39, 0.29) is 17.6 Å². The van der Waals surface area contributed by atoms with Crippen molar-refractivity contribution in [2.45, 2.75) is 19.4 Å². The standard InChI is InChI=1S/C21H22FN5OS/c22-17-7-1-2-8-18(17)25-19-9-10-23-21(26-19)27-11-3-5-15(14-27)20(28)24-13-16-6-4-12-29-16/h1-2,4,6-10,12,15H,3,5,11,13-14H2,(H,24,28)(H,23,25,26). The maximum atomic E-state index is 13.9. The number of anilines is 3. The van der Waals surface area contributed by atoms with Crippen LogP contribution in [0.4, 0.5) is 21.8 Å². The van der Waals surface area contributed by atoms with Crippen molar-refractivity contribution in [3.63, 3.8) is 0 Å². The van der Waals surface area contributed by atoms with E-state index >= 15 is 0 Å². The van der Waals surface area contributed by atoms with Crippen molar-refractivity contribution in [1.29, 1.82) is 0 Å². The number of carbonyl (C=O) groups is 1. The summed E-state index contributed by atoms with van der Waals surface area (Å²) in [5.41, 5.74) is 0.363. The van der Waals surface area contributed by atoms with Crippen LogP contribution in [0.25, 0.3) is 0 Å². The predicted octanol–water partition coefficient (Wildman–Crippen LogP) is 3.95. The second-order valence-corrected chi connectivity index (χ2v) is 7.96. The summed E-state index contributed by atoms with van der Waals surface area (Å²) < 4.78 is 13.9. The van der Waals surface area contributed by atoms with Gasteiger partial charge in [-0.15, -0.1) is 11.3 Å². The van der Waals surface area contributed by atoms with Gasteiger partial charge in [-0.1, -0.05) is 18.2 Å². The molecular weight excluding hydrogens is 389 g/mol. The lowest BCUT2D eigenvalue weighted by molar-refractivity contribution is -0.125. The molecular formula is C21H22FN5OS. The van der Waals surface area contributed by atoms with Crippen molar-refractivity contribution in [3.8, 4) is 0 Å². The number of hydrogen-bond acceptors (Lipinski definition) is 6. The molecule has 1 aliphatic rings. The molecule has 29 heavy (non-hydrogen) atoms. The Bertz CT molecular complexity index is 965. The smallest absolute Gasteiger partial charge is 0.227 e. The first-order valence-corrected chi connectivity index (χ1v) is 10.5. The van der Waals surface area contributed by atoms with Gasteiger partial charge in [0.25, 0.3) is 0 Å². The molecule has 0 saturated carbocycles. The van der Waals surface area contributed by atoms with Gasteiger partial charge in [-0.3, -0.25) is 4.79 Å². The van der Waals surface area contributed by atoms with E-state index in [1.54, 1.807) is 41.8 Å². The minimum absolute atomic E-state index is 0.0590. The summed E-state index contributed by atoms with van der Waals surface area (Å²) in [4.78, 5) is 24.6. The highest BCUT2D eigenvalue weighted by molar-refractivity contribution is 7.09. The van der Waals surface area contributed by atoms with E-state index in [4.69, 9.17) is 0 Å². The van der Waals surface area contributed by atoms with E-state index in [1.165, 1.54) is 6.07 Å². The van der Waals surface area contributed by atoms with Crippen molar-refractivity contribution in [2.75, 3.05) is 23.3 Å². The monoisotopic (exact) mass is 411 g/mol. The third kappa shape index (κ3) is 4.89. The fourth-order valence-electron chi connectivity index (χ4n) is 3.38. The Labute approximate surface area is 172 Å². The van der Waals surface area contributed by atoms with Crippen LogP contribution in [-0.2, 0) is 11.3 Å². The van der Waals surface area contributed by atoms with E-state index < -0.39 is 0 Å². The molecule has 150 valence electrons. The summed E-state index contributed by atoms with van der Waals surface area (Å²) in [6.45, 7) is 1.92. The van der Waals surface area contributed by atoms with Crippen molar-refractivity contribution in [2.24, 2.45) is 5.92 Å². The molecule has 0 aliphatic carbocycles. The van der Waals surface area contributed by atoms with Crippen LogP contribution in [0.15, 0.2) is 54.0 Å². The van der Waals surface area contributed by atoms with E-state index in [0.717, 1.165) is 24.3 Å². The Kier molecular flexibility index (Phi) is 6.00. The largest absolute Gasteiger partial charge is 0.351 e. The highest BCUT2D eigenvalue weighted by Crippen LogP contribution is 2.23. The van der Waals surface area contributed by atoms with Crippen LogP contribution in [0, 0.1) is 11.7 Å². The highest BCUT2D eigenvalue weighted by atomic mass is 32.1. The van der Waals surface area contributed by atoms with Crippen LogP contribution in [-0.4, -0.2) is 29.0 Å². The number of thiophene rings is 1. The van der Waals surface area contributed by atoms with Crippen molar-refractivity contribution >= 4 is 34.7 Å². The van der Waals surface area contributed by atoms with Gasteiger partial charge in [0.05, 0.1) is 18.2 Å². The summed E-state index contributed by atoms with van der Waals surface area (Å²) in [5, 5.41) is 8.02. The van der Waals surface area contributed by atoms with Crippen LogP contribution in [0.2, 0.25) is 0 Å². The van der Waals surface area contributed by atoms with Gasteiger partial charge in [0.2, 0.25) is 11.9 Å². The van der Waals surface area contributed by atoms with Gasteiger partial charge in [-0.2, -0.15) is 4.98 Å². The van der Waals surface area contributed by atoms with E-state index in [9.17, 15) is 9.18 Å². The Balaban J connectivity index is 1.40. The van der Waals surface area contributed by atoms with Crippen LogP contribution < -0.4 is 15.5 Å². The van der Waals surface area contributed by atoms with Crippen molar-refractivity contribution in [1.82, 2.24) is 15.3 Å². The lowest BCUT2D eigenvalue weighted by Crippen LogP contribution is -2.43. The number of piperidine rings is 1. The first-order chi connectivity index (χ1) is 14.2. The predicted molar refractivity (Wildman–Crippen MR) is 113 cm³/mol. The summed E-state index contributed by atoms with van der Waals surface area (Å²) in [6, 6.07) is 12.2. The Hall–Kier alpha value is -3.00. The lowest BCUT2D eigenvalue weighted by atomic mass is 9.97. The Morgan fingerprint density at radius 1 is 1.24 bits per heavy atom. The molecule has 1 aliphatic heterocycles. The quantitative estimate of drug-likeness (QED) is 0.643. The zero-order chi connectivity index (χ0) is 20.1. The minimum atomic E-state index is -0.340. The first kappa shape index (κ1) is 19.3. The summed E-state index contributed by atoms with van der Waals surface area (Å²) in [6.07, 6.45) is 3.39. The van der Waals surface area contributed by atoms with Gasteiger partial charge in [0.15, 0.2) is 0 Å². The van der Waals surface area contributed by atoms with E-state index in [0.29, 0.717) is 30.5 Å². The molecule has 2 N–H and O–H groups in total. The van der Waals surface area contributed by atoms with Crippen LogP contribution in [0.3, 0.4) is 0 Å². The molecule has 4 rings (SSSR count). The molecule has 1 aromatic carbocycles. The minimum Gasteiger partial charge on any atom is -0.351 e. The van der Waals surface area contributed by atoms with Gasteiger partial charge in [-0.05, 0) is 42.5 Å². The fourth-order valence-corrected chi connectivity index (χ4v) is 4.02. The molecule has 3 aromatic rings. The normalized spacial score (nSPS) is 16.4. The lowest BCUT2D eigenvalue weighted by Gasteiger charge is -2.32. The summed E-state index contributed by atoms with van der Waals surface area (Å²) in [7, 11) is 0. The number of carbonyl (C=O) groups excluding carboxylic acids is 1.